The van der Waals surface area contributed by atoms with Gasteiger partial charge in [-0.2, -0.15) is 0 Å². The second-order valence-corrected chi connectivity index (χ2v) is 14.9. The molecule has 2 aliphatic carbocycles. The van der Waals surface area contributed by atoms with Gasteiger partial charge in [0.05, 0.1) is 45.9 Å². The predicted molar refractivity (Wildman–Crippen MR) is 186 cm³/mol. The Kier molecular flexibility index (Phi) is 6.58. The van der Waals surface area contributed by atoms with Gasteiger partial charge in [0.2, 0.25) is 0 Å². The van der Waals surface area contributed by atoms with Crippen molar-refractivity contribution in [2.45, 2.75) is 50.1 Å². The number of aromatic nitrogens is 4. The van der Waals surface area contributed by atoms with Gasteiger partial charge in [-0.15, -0.1) is 16.4 Å². The van der Waals surface area contributed by atoms with Crippen LogP contribution >= 0.6 is 11.3 Å². The van der Waals surface area contributed by atoms with Gasteiger partial charge in [-0.05, 0) is 91.3 Å². The lowest BCUT2D eigenvalue weighted by Crippen LogP contribution is -2.40. The number of carbonyl (C=O) groups is 1. The maximum atomic E-state index is 14.5. The molecule has 13 heteroatoms. The number of halogens is 2. The lowest BCUT2D eigenvalue weighted by Gasteiger charge is -2.37. The minimum atomic E-state index is -0.714. The third kappa shape index (κ3) is 4.46. The van der Waals surface area contributed by atoms with Crippen LogP contribution in [0.25, 0.3) is 32.0 Å². The number of ether oxygens (including phenoxy) is 1. The summed E-state index contributed by atoms with van der Waals surface area (Å²) in [5.41, 5.74) is 5.38. The Morgan fingerprint density at radius 2 is 1.92 bits per heavy atom. The van der Waals surface area contributed by atoms with Gasteiger partial charge in [-0.25, -0.2) is 23.7 Å². The molecule has 0 unspecified atom stereocenters. The lowest BCUT2D eigenvalue weighted by atomic mass is 9.71. The number of H-pyrrole nitrogens is 1. The molecular formula is C38H30F2N6O4S. The van der Waals surface area contributed by atoms with E-state index in [-0.39, 0.29) is 35.2 Å². The third-order valence-corrected chi connectivity index (χ3v) is 12.3. The van der Waals surface area contributed by atoms with Crippen molar-refractivity contribution in [3.63, 3.8) is 0 Å². The molecule has 7 heterocycles. The number of aryl methyl sites for hydroxylation is 2. The highest BCUT2D eigenvalue weighted by Crippen LogP contribution is 2.63. The fourth-order valence-electron chi connectivity index (χ4n) is 8.87. The highest BCUT2D eigenvalue weighted by Gasteiger charge is 2.65. The number of thiophene rings is 1. The Labute approximate surface area is 293 Å². The molecule has 1 amide bonds. The Balaban J connectivity index is 1.14. The number of methoxy groups -OCH3 is 1. The molecule has 3 fully saturated rings. The highest BCUT2D eigenvalue weighted by molar-refractivity contribution is 7.23. The number of amides is 1. The van der Waals surface area contributed by atoms with Gasteiger partial charge in [0.25, 0.3) is 11.8 Å². The summed E-state index contributed by atoms with van der Waals surface area (Å²) >= 11 is 1.49. The van der Waals surface area contributed by atoms with E-state index in [1.165, 1.54) is 36.6 Å². The minimum Gasteiger partial charge on any atom is -0.493 e. The minimum absolute atomic E-state index is 0.0564. The topological polar surface area (TPSA) is 126 Å². The molecule has 1 spiro atoms. The molecule has 5 aliphatic rings. The van der Waals surface area contributed by atoms with E-state index in [4.69, 9.17) is 19.1 Å². The molecule has 11 rings (SSSR count). The number of hydrogen-bond acceptors (Lipinski definition) is 9. The average Bonchev–Trinajstić information content (AvgIpc) is 3.96. The van der Waals surface area contributed by atoms with Crippen molar-refractivity contribution in [2.75, 3.05) is 19.0 Å². The molecule has 2 bridgehead atoms. The number of rotatable bonds is 8. The summed E-state index contributed by atoms with van der Waals surface area (Å²) in [5, 5.41) is 11.2. The number of carbonyl (C=O) groups excluding carboxylic acids is 1. The molecule has 1 atom stereocenters. The van der Waals surface area contributed by atoms with Gasteiger partial charge in [0, 0.05) is 28.7 Å². The summed E-state index contributed by atoms with van der Waals surface area (Å²) in [6.45, 7) is 0.689. The fourth-order valence-corrected chi connectivity index (χ4v) is 10.0. The molecule has 2 N–H and O–H groups in total. The summed E-state index contributed by atoms with van der Waals surface area (Å²) in [4.78, 5) is 39.5. The summed E-state index contributed by atoms with van der Waals surface area (Å²) < 4.78 is 40.1. The van der Waals surface area contributed by atoms with Crippen LogP contribution in [0.2, 0.25) is 0 Å². The van der Waals surface area contributed by atoms with E-state index in [2.05, 4.69) is 15.5 Å². The molecule has 0 radical (unpaired) electrons. The molecule has 2 aromatic carbocycles. The van der Waals surface area contributed by atoms with Crippen molar-refractivity contribution < 1.29 is 22.7 Å². The maximum Gasteiger partial charge on any atom is 0.434 e. The second kappa shape index (κ2) is 11.0. The summed E-state index contributed by atoms with van der Waals surface area (Å²) in [6.07, 6.45) is 5.89. The Morgan fingerprint density at radius 3 is 2.71 bits per heavy atom. The quantitative estimate of drug-likeness (QED) is 0.175. The number of hydrogen-bond donors (Lipinski definition) is 2. The smallest absolute Gasteiger partial charge is 0.434 e. The van der Waals surface area contributed by atoms with E-state index < -0.39 is 11.3 Å². The van der Waals surface area contributed by atoms with Crippen molar-refractivity contribution in [1.82, 2.24) is 25.1 Å². The van der Waals surface area contributed by atoms with Crippen molar-refractivity contribution in [1.29, 1.82) is 0 Å². The molecule has 51 heavy (non-hydrogen) atoms. The second-order valence-electron chi connectivity index (χ2n) is 13.9. The third-order valence-electron chi connectivity index (χ3n) is 11.1. The van der Waals surface area contributed by atoms with E-state index in [1.807, 2.05) is 17.0 Å². The number of aromatic amines is 1. The first kappa shape index (κ1) is 30.4. The van der Waals surface area contributed by atoms with Crippen molar-refractivity contribution in [2.24, 2.45) is 5.92 Å². The van der Waals surface area contributed by atoms with E-state index in [0.29, 0.717) is 59.9 Å². The molecular weight excluding hydrogens is 675 g/mol. The number of pyridine rings is 2. The maximum absolute atomic E-state index is 14.5. The van der Waals surface area contributed by atoms with Crippen molar-refractivity contribution in [3.8, 4) is 27.6 Å². The zero-order chi connectivity index (χ0) is 34.6. The molecule has 6 aromatic rings. The Hall–Kier alpha value is -5.43. The lowest BCUT2D eigenvalue weighted by molar-refractivity contribution is 0.0637. The van der Waals surface area contributed by atoms with Gasteiger partial charge in [0.1, 0.15) is 11.6 Å². The first-order chi connectivity index (χ1) is 24.8. The first-order valence-corrected chi connectivity index (χ1v) is 17.8. The van der Waals surface area contributed by atoms with Crippen LogP contribution in [0.5, 0.6) is 5.75 Å². The van der Waals surface area contributed by atoms with Gasteiger partial charge in [-0.3, -0.25) is 9.78 Å². The van der Waals surface area contributed by atoms with Crippen LogP contribution in [-0.2, 0) is 24.8 Å². The molecule has 3 aliphatic heterocycles. The van der Waals surface area contributed by atoms with Crippen LogP contribution in [0.3, 0.4) is 0 Å². The van der Waals surface area contributed by atoms with Gasteiger partial charge in [0.15, 0.2) is 11.6 Å². The summed E-state index contributed by atoms with van der Waals surface area (Å²) in [5.74, 6) is -0.00903. The molecule has 1 saturated carbocycles. The Morgan fingerprint density at radius 1 is 1.08 bits per heavy atom. The zero-order valence-corrected chi connectivity index (χ0v) is 28.2. The number of nitrogens with one attached hydrogen (secondary N) is 2. The summed E-state index contributed by atoms with van der Waals surface area (Å²) in [7, 11) is 1.49. The van der Waals surface area contributed by atoms with Gasteiger partial charge >= 0.3 is 5.76 Å². The molecule has 10 nitrogen and oxygen atoms in total. The number of nitrogens with zero attached hydrogens (tertiary/aromatic N) is 4. The van der Waals surface area contributed by atoms with Crippen LogP contribution in [0.1, 0.15) is 63.7 Å². The monoisotopic (exact) mass is 704 g/mol. The van der Waals surface area contributed by atoms with Crippen LogP contribution in [0, 0.1) is 17.6 Å². The van der Waals surface area contributed by atoms with Crippen LogP contribution in [-0.4, -0.2) is 44.6 Å². The van der Waals surface area contributed by atoms with Crippen LogP contribution in [0.15, 0.2) is 63.9 Å². The van der Waals surface area contributed by atoms with Crippen LogP contribution < -0.4 is 15.8 Å². The molecule has 2 saturated heterocycles. The van der Waals surface area contributed by atoms with E-state index in [9.17, 15) is 18.4 Å². The van der Waals surface area contributed by atoms with Crippen molar-refractivity contribution in [3.05, 3.63) is 111 Å². The summed E-state index contributed by atoms with van der Waals surface area (Å²) in [6, 6.07) is 13.5. The largest absolute Gasteiger partial charge is 0.493 e. The van der Waals surface area contributed by atoms with Gasteiger partial charge < -0.3 is 19.4 Å². The average molecular weight is 705 g/mol. The number of fused-ring (bicyclic) bond motifs is 3. The fraction of sp³-hybridized carbons (Fsp3) is 0.289. The van der Waals surface area contributed by atoms with E-state index >= 15 is 0 Å². The van der Waals surface area contributed by atoms with Crippen molar-refractivity contribution >= 4 is 33.1 Å². The number of benzene rings is 2. The zero-order valence-electron chi connectivity index (χ0n) is 27.4. The normalized spacial score (nSPS) is 21.2. The van der Waals surface area contributed by atoms with E-state index in [0.717, 1.165) is 56.6 Å². The highest BCUT2D eigenvalue weighted by atomic mass is 32.1. The SMILES string of the molecule is COc1c(F)ccc2c1CC[C@H]2Nc1nccc2cc(-c3c4c(nc(CCc5ccc(F)cc5)c3-c3n[nH]c(=O)o3)C35CC(CN3C4=O)C5)sc12. The predicted octanol–water partition coefficient (Wildman–Crippen LogP) is 6.95. The van der Waals surface area contributed by atoms with E-state index in [1.54, 1.807) is 24.4 Å². The standard InChI is InChI=1S/C38H30F2N6O4S/c1-49-31-23-8-11-25(22(23)7-9-24(31)40)43-34-32-20(12-13-41-34)14-27(51-32)29-28(35-44-45-37(48)50-35)26(10-4-18-2-5-21(39)6-3-18)42-33-30(29)36(47)46-17-19-15-38(33,46)16-19/h2-3,5-7,9,12-14,19,25H,4,8,10-11,15-17H2,1H3,(H,41,43)(H,45,48)/t19?,25-,38?/m1/s1. The first-order valence-electron chi connectivity index (χ1n) is 17.0. The van der Waals surface area contributed by atoms with Gasteiger partial charge in [-0.1, -0.05) is 18.2 Å². The number of anilines is 1. The Bertz CT molecular complexity index is 2490. The molecule has 256 valence electrons. The van der Waals surface area contributed by atoms with Crippen LogP contribution in [0.4, 0.5) is 14.6 Å². The molecule has 4 aromatic heterocycles.